The van der Waals surface area contributed by atoms with Crippen LogP contribution >= 0.6 is 0 Å². The van der Waals surface area contributed by atoms with Crippen molar-refractivity contribution in [2.75, 3.05) is 13.2 Å². The van der Waals surface area contributed by atoms with E-state index in [1.807, 2.05) is 12.1 Å². The first kappa shape index (κ1) is 15.6. The molecule has 2 aromatic rings. The summed E-state index contributed by atoms with van der Waals surface area (Å²) >= 11 is 0. The maximum atomic E-state index is 5.74. The first-order valence-electron chi connectivity index (χ1n) is 7.67. The molecule has 114 valence electrons. The van der Waals surface area contributed by atoms with Crippen molar-refractivity contribution in [3.8, 4) is 5.75 Å². The number of aromatic nitrogens is 1. The van der Waals surface area contributed by atoms with Crippen molar-refractivity contribution >= 4 is 0 Å². The fourth-order valence-corrected chi connectivity index (χ4v) is 2.71. The number of hydrogen-bond donors (Lipinski definition) is 1. The van der Waals surface area contributed by atoms with E-state index in [0.29, 0.717) is 6.61 Å². The molecule has 0 saturated carbocycles. The summed E-state index contributed by atoms with van der Waals surface area (Å²) in [6.45, 7) is 12.1. The molecule has 0 atom stereocenters. The first-order chi connectivity index (χ1) is 10.1. The molecule has 0 spiro atoms. The maximum Gasteiger partial charge on any atom is 0.119 e. The first-order valence-corrected chi connectivity index (χ1v) is 7.67. The van der Waals surface area contributed by atoms with E-state index in [1.54, 1.807) is 0 Å². The average Bonchev–Trinajstić information content (AvgIpc) is 2.73. The Bertz CT molecular complexity index is 587. The van der Waals surface area contributed by atoms with Gasteiger partial charge >= 0.3 is 0 Å². The summed E-state index contributed by atoms with van der Waals surface area (Å²) in [6.07, 6.45) is 0. The van der Waals surface area contributed by atoms with Gasteiger partial charge in [0.1, 0.15) is 12.4 Å². The van der Waals surface area contributed by atoms with E-state index in [4.69, 9.17) is 4.74 Å². The quantitative estimate of drug-likeness (QED) is 0.787. The van der Waals surface area contributed by atoms with Gasteiger partial charge in [0, 0.05) is 31.0 Å². The molecule has 0 aliphatic rings. The van der Waals surface area contributed by atoms with Crippen LogP contribution in [0, 0.1) is 20.8 Å². The molecule has 3 nitrogen and oxygen atoms in total. The predicted molar refractivity (Wildman–Crippen MR) is 88.0 cm³/mol. The fraction of sp³-hybridized carbons (Fsp3) is 0.444. The third kappa shape index (κ3) is 4.11. The lowest BCUT2D eigenvalue weighted by Crippen LogP contribution is -2.20. The Hall–Kier alpha value is -1.74. The van der Waals surface area contributed by atoms with Crippen molar-refractivity contribution in [3.63, 3.8) is 0 Å². The molecular formula is C18H26N2O. The minimum atomic E-state index is 0.690. The zero-order valence-electron chi connectivity index (χ0n) is 13.6. The summed E-state index contributed by atoms with van der Waals surface area (Å²) in [4.78, 5) is 0. The smallest absolute Gasteiger partial charge is 0.119 e. The SMILES string of the molecule is CCn1c(C)cc(CNCCOc2cccc(C)c2)c1C. The molecule has 0 bridgehead atoms. The second-order valence-electron chi connectivity index (χ2n) is 5.48. The van der Waals surface area contributed by atoms with Crippen LogP contribution in [0.5, 0.6) is 5.75 Å². The van der Waals surface area contributed by atoms with Crippen molar-refractivity contribution in [2.24, 2.45) is 0 Å². The van der Waals surface area contributed by atoms with E-state index in [9.17, 15) is 0 Å². The van der Waals surface area contributed by atoms with E-state index in [2.05, 4.69) is 55.8 Å². The van der Waals surface area contributed by atoms with Gasteiger partial charge in [0.15, 0.2) is 0 Å². The highest BCUT2D eigenvalue weighted by atomic mass is 16.5. The van der Waals surface area contributed by atoms with Crippen LogP contribution in [0.15, 0.2) is 30.3 Å². The molecule has 1 N–H and O–H groups in total. The number of rotatable bonds is 7. The monoisotopic (exact) mass is 286 g/mol. The van der Waals surface area contributed by atoms with Gasteiger partial charge in [-0.05, 0) is 57.0 Å². The summed E-state index contributed by atoms with van der Waals surface area (Å²) < 4.78 is 8.08. The zero-order chi connectivity index (χ0) is 15.2. The second-order valence-corrected chi connectivity index (χ2v) is 5.48. The zero-order valence-corrected chi connectivity index (χ0v) is 13.6. The van der Waals surface area contributed by atoms with Crippen LogP contribution in [0.4, 0.5) is 0 Å². The summed E-state index contributed by atoms with van der Waals surface area (Å²) in [7, 11) is 0. The Morgan fingerprint density at radius 3 is 2.62 bits per heavy atom. The van der Waals surface area contributed by atoms with Gasteiger partial charge in [0.2, 0.25) is 0 Å². The van der Waals surface area contributed by atoms with E-state index in [-0.39, 0.29) is 0 Å². The third-order valence-electron chi connectivity index (χ3n) is 3.85. The lowest BCUT2D eigenvalue weighted by molar-refractivity contribution is 0.313. The normalized spacial score (nSPS) is 10.9. The Morgan fingerprint density at radius 1 is 1.14 bits per heavy atom. The van der Waals surface area contributed by atoms with Gasteiger partial charge in [0.25, 0.3) is 0 Å². The Morgan fingerprint density at radius 2 is 1.95 bits per heavy atom. The molecule has 0 saturated heterocycles. The summed E-state index contributed by atoms with van der Waals surface area (Å²) in [5, 5.41) is 3.45. The van der Waals surface area contributed by atoms with Gasteiger partial charge in [-0.1, -0.05) is 12.1 Å². The van der Waals surface area contributed by atoms with Gasteiger partial charge in [-0.3, -0.25) is 0 Å². The Kier molecular flexibility index (Phi) is 5.45. The van der Waals surface area contributed by atoms with Gasteiger partial charge in [-0.2, -0.15) is 0 Å². The molecule has 0 amide bonds. The van der Waals surface area contributed by atoms with Crippen LogP contribution in [0.1, 0.15) is 29.4 Å². The van der Waals surface area contributed by atoms with E-state index in [0.717, 1.165) is 25.4 Å². The molecule has 1 aromatic carbocycles. The molecule has 0 fully saturated rings. The molecule has 3 heteroatoms. The lowest BCUT2D eigenvalue weighted by atomic mass is 10.2. The molecule has 21 heavy (non-hydrogen) atoms. The van der Waals surface area contributed by atoms with Crippen LogP contribution in [0.25, 0.3) is 0 Å². The topological polar surface area (TPSA) is 26.2 Å². The molecule has 2 rings (SSSR count). The molecule has 0 aliphatic heterocycles. The standard InChI is InChI=1S/C18H26N2O/c1-5-20-15(3)12-17(16(20)4)13-19-9-10-21-18-8-6-7-14(2)11-18/h6-8,11-12,19H,5,9-10,13H2,1-4H3. The number of hydrogen-bond acceptors (Lipinski definition) is 2. The van der Waals surface area contributed by atoms with Crippen LogP contribution in [0.3, 0.4) is 0 Å². The van der Waals surface area contributed by atoms with Crippen molar-refractivity contribution in [1.29, 1.82) is 0 Å². The summed E-state index contributed by atoms with van der Waals surface area (Å²) in [5.74, 6) is 0.945. The maximum absolute atomic E-state index is 5.74. The highest BCUT2D eigenvalue weighted by Crippen LogP contribution is 2.14. The third-order valence-corrected chi connectivity index (χ3v) is 3.85. The predicted octanol–water partition coefficient (Wildman–Crippen LogP) is 3.60. The molecule has 1 heterocycles. The van der Waals surface area contributed by atoms with E-state index < -0.39 is 0 Å². The van der Waals surface area contributed by atoms with Gasteiger partial charge in [-0.25, -0.2) is 0 Å². The van der Waals surface area contributed by atoms with Crippen molar-refractivity contribution in [1.82, 2.24) is 9.88 Å². The van der Waals surface area contributed by atoms with Gasteiger partial charge < -0.3 is 14.6 Å². The molecule has 0 unspecified atom stereocenters. The van der Waals surface area contributed by atoms with Gasteiger partial charge in [0.05, 0.1) is 0 Å². The van der Waals surface area contributed by atoms with Crippen molar-refractivity contribution in [3.05, 3.63) is 52.8 Å². The number of nitrogens with zero attached hydrogens (tertiary/aromatic N) is 1. The Labute approximate surface area is 127 Å². The lowest BCUT2D eigenvalue weighted by Gasteiger charge is -2.09. The highest BCUT2D eigenvalue weighted by molar-refractivity contribution is 5.27. The average molecular weight is 286 g/mol. The fourth-order valence-electron chi connectivity index (χ4n) is 2.71. The minimum absolute atomic E-state index is 0.690. The highest BCUT2D eigenvalue weighted by Gasteiger charge is 2.06. The van der Waals surface area contributed by atoms with Crippen LogP contribution in [-0.4, -0.2) is 17.7 Å². The van der Waals surface area contributed by atoms with Crippen LogP contribution in [-0.2, 0) is 13.1 Å². The second kappa shape index (κ2) is 7.32. The molecule has 0 aliphatic carbocycles. The number of nitrogens with one attached hydrogen (secondary N) is 1. The number of benzene rings is 1. The van der Waals surface area contributed by atoms with Crippen molar-refractivity contribution in [2.45, 2.75) is 40.8 Å². The Balaban J connectivity index is 1.75. The largest absolute Gasteiger partial charge is 0.492 e. The minimum Gasteiger partial charge on any atom is -0.492 e. The van der Waals surface area contributed by atoms with Gasteiger partial charge in [-0.15, -0.1) is 0 Å². The molecular weight excluding hydrogens is 260 g/mol. The summed E-state index contributed by atoms with van der Waals surface area (Å²) in [5.41, 5.74) is 5.31. The summed E-state index contributed by atoms with van der Waals surface area (Å²) in [6, 6.07) is 10.4. The molecule has 1 aromatic heterocycles. The van der Waals surface area contributed by atoms with E-state index in [1.165, 1.54) is 22.5 Å². The number of aryl methyl sites for hydroxylation is 2. The van der Waals surface area contributed by atoms with Crippen LogP contribution in [0.2, 0.25) is 0 Å². The van der Waals surface area contributed by atoms with E-state index >= 15 is 0 Å². The van der Waals surface area contributed by atoms with Crippen LogP contribution < -0.4 is 10.1 Å². The molecule has 0 radical (unpaired) electrons. The number of ether oxygens (including phenoxy) is 1. The van der Waals surface area contributed by atoms with Crippen molar-refractivity contribution < 1.29 is 4.74 Å².